The fourth-order valence-electron chi connectivity index (χ4n) is 2.29. The average molecular weight is 439 g/mol. The molecule has 0 saturated heterocycles. The summed E-state index contributed by atoms with van der Waals surface area (Å²) in [4.78, 5) is 0. The Morgan fingerprint density at radius 2 is 1.71 bits per heavy atom. The third kappa shape index (κ3) is 5.45. The molecule has 21 heavy (non-hydrogen) atoms. The van der Waals surface area contributed by atoms with E-state index in [9.17, 15) is 0 Å². The number of halogens is 2. The highest BCUT2D eigenvalue weighted by Crippen LogP contribution is 2.35. The van der Waals surface area contributed by atoms with Crippen LogP contribution in [0.15, 0.2) is 21.1 Å². The van der Waals surface area contributed by atoms with Crippen LogP contribution in [0.25, 0.3) is 0 Å². The summed E-state index contributed by atoms with van der Waals surface area (Å²) in [6.45, 7) is 9.09. The lowest BCUT2D eigenvalue weighted by atomic mass is 10.0. The van der Waals surface area contributed by atoms with Crippen LogP contribution in [0.3, 0.4) is 0 Å². The summed E-state index contributed by atoms with van der Waals surface area (Å²) in [5, 5.41) is 3.60. The second-order valence-corrected chi connectivity index (χ2v) is 8.00. The van der Waals surface area contributed by atoms with Gasteiger partial charge in [0.25, 0.3) is 0 Å². The molecule has 0 spiro atoms. The molecule has 1 N–H and O–H groups in total. The van der Waals surface area contributed by atoms with Crippen molar-refractivity contribution >= 4 is 43.6 Å². The standard InChI is InChI=1S/C16H25Br2NOS/c1-5-16(6-2,21-4)11-19-10-12-8-13(17)15(20-7-3)14(18)9-12/h8-9,19H,5-7,10-11H2,1-4H3. The first kappa shape index (κ1) is 19.3. The molecular formula is C16H25Br2NOS. The number of hydrogen-bond acceptors (Lipinski definition) is 3. The van der Waals surface area contributed by atoms with Gasteiger partial charge in [0, 0.05) is 17.8 Å². The van der Waals surface area contributed by atoms with Gasteiger partial charge in [0.1, 0.15) is 5.75 Å². The molecule has 0 bridgehead atoms. The first-order valence-electron chi connectivity index (χ1n) is 7.38. The van der Waals surface area contributed by atoms with Gasteiger partial charge in [0.05, 0.1) is 15.6 Å². The lowest BCUT2D eigenvalue weighted by Crippen LogP contribution is -2.36. The van der Waals surface area contributed by atoms with Gasteiger partial charge in [0.2, 0.25) is 0 Å². The Morgan fingerprint density at radius 3 is 2.14 bits per heavy atom. The van der Waals surface area contributed by atoms with E-state index in [1.54, 1.807) is 0 Å². The predicted octanol–water partition coefficient (Wildman–Crippen LogP) is 5.62. The van der Waals surface area contributed by atoms with Crippen LogP contribution < -0.4 is 10.1 Å². The Morgan fingerprint density at radius 1 is 1.14 bits per heavy atom. The van der Waals surface area contributed by atoms with E-state index in [-0.39, 0.29) is 0 Å². The summed E-state index contributed by atoms with van der Waals surface area (Å²) in [6, 6.07) is 4.25. The zero-order chi connectivity index (χ0) is 15.9. The van der Waals surface area contributed by atoms with Crippen LogP contribution in [0, 0.1) is 0 Å². The highest BCUT2D eigenvalue weighted by Gasteiger charge is 2.24. The third-order valence-electron chi connectivity index (χ3n) is 3.84. The number of nitrogens with one attached hydrogen (secondary N) is 1. The molecule has 0 radical (unpaired) electrons. The Bertz CT molecular complexity index is 419. The van der Waals surface area contributed by atoms with Crippen molar-refractivity contribution in [3.05, 3.63) is 26.6 Å². The maximum absolute atomic E-state index is 5.62. The summed E-state index contributed by atoms with van der Waals surface area (Å²) in [5.74, 6) is 0.877. The molecule has 0 aliphatic rings. The van der Waals surface area contributed by atoms with E-state index >= 15 is 0 Å². The number of ether oxygens (including phenoxy) is 1. The fourth-order valence-corrected chi connectivity index (χ4v) is 4.63. The normalized spacial score (nSPS) is 11.7. The molecule has 120 valence electrons. The molecule has 0 aliphatic carbocycles. The molecule has 0 aliphatic heterocycles. The van der Waals surface area contributed by atoms with Crippen molar-refractivity contribution in [2.75, 3.05) is 19.4 Å². The minimum Gasteiger partial charge on any atom is -0.492 e. The first-order valence-corrected chi connectivity index (χ1v) is 10.2. The monoisotopic (exact) mass is 437 g/mol. The van der Waals surface area contributed by atoms with Crippen LogP contribution in [-0.4, -0.2) is 24.2 Å². The fraction of sp³-hybridized carbons (Fsp3) is 0.625. The quantitative estimate of drug-likeness (QED) is 0.540. The lowest BCUT2D eigenvalue weighted by Gasteiger charge is -2.30. The third-order valence-corrected chi connectivity index (χ3v) is 6.61. The van der Waals surface area contributed by atoms with Gasteiger partial charge in [0.15, 0.2) is 0 Å². The second kappa shape index (κ2) is 9.43. The van der Waals surface area contributed by atoms with Crippen molar-refractivity contribution in [1.29, 1.82) is 0 Å². The Hall–Kier alpha value is 0.290. The van der Waals surface area contributed by atoms with Crippen molar-refractivity contribution < 1.29 is 4.74 Å². The van der Waals surface area contributed by atoms with E-state index in [0.29, 0.717) is 11.4 Å². The summed E-state index contributed by atoms with van der Waals surface area (Å²) in [5.41, 5.74) is 1.25. The van der Waals surface area contributed by atoms with Gasteiger partial charge in [-0.25, -0.2) is 0 Å². The predicted molar refractivity (Wildman–Crippen MR) is 102 cm³/mol. The van der Waals surface area contributed by atoms with Crippen molar-refractivity contribution in [3.63, 3.8) is 0 Å². The van der Waals surface area contributed by atoms with Crippen LogP contribution >= 0.6 is 43.6 Å². The zero-order valence-corrected chi connectivity index (χ0v) is 17.3. The van der Waals surface area contributed by atoms with Gasteiger partial charge in [-0.15, -0.1) is 0 Å². The largest absolute Gasteiger partial charge is 0.492 e. The smallest absolute Gasteiger partial charge is 0.147 e. The number of thioether (sulfide) groups is 1. The lowest BCUT2D eigenvalue weighted by molar-refractivity contribution is 0.336. The van der Waals surface area contributed by atoms with E-state index in [1.807, 2.05) is 18.7 Å². The molecule has 0 heterocycles. The number of rotatable bonds is 9. The first-order chi connectivity index (χ1) is 10.0. The topological polar surface area (TPSA) is 21.3 Å². The molecule has 1 aromatic carbocycles. The van der Waals surface area contributed by atoms with Crippen molar-refractivity contribution in [2.24, 2.45) is 0 Å². The zero-order valence-electron chi connectivity index (χ0n) is 13.3. The van der Waals surface area contributed by atoms with E-state index in [0.717, 1.165) is 27.8 Å². The van der Waals surface area contributed by atoms with Gasteiger partial charge >= 0.3 is 0 Å². The molecular weight excluding hydrogens is 414 g/mol. The van der Waals surface area contributed by atoms with Gasteiger partial charge in [-0.05, 0) is 75.6 Å². The van der Waals surface area contributed by atoms with Gasteiger partial charge in [-0.1, -0.05) is 13.8 Å². The Kier molecular flexibility index (Phi) is 8.69. The van der Waals surface area contributed by atoms with Crippen LogP contribution in [0.5, 0.6) is 5.75 Å². The Balaban J connectivity index is 2.68. The molecule has 0 saturated carbocycles. The molecule has 2 nitrogen and oxygen atoms in total. The second-order valence-electron chi connectivity index (χ2n) is 5.02. The molecule has 0 amide bonds. The van der Waals surface area contributed by atoms with Gasteiger partial charge in [-0.2, -0.15) is 11.8 Å². The molecule has 1 rings (SSSR count). The SMILES string of the molecule is CCOc1c(Br)cc(CNCC(CC)(CC)SC)cc1Br. The Labute approximate surface area is 150 Å². The maximum atomic E-state index is 5.62. The van der Waals surface area contributed by atoms with Crippen molar-refractivity contribution in [1.82, 2.24) is 5.32 Å². The van der Waals surface area contributed by atoms with Crippen LogP contribution in [-0.2, 0) is 6.54 Å². The molecule has 0 atom stereocenters. The van der Waals surface area contributed by atoms with Crippen LogP contribution in [0.2, 0.25) is 0 Å². The van der Waals surface area contributed by atoms with E-state index in [1.165, 1.54) is 18.4 Å². The maximum Gasteiger partial charge on any atom is 0.147 e. The van der Waals surface area contributed by atoms with E-state index < -0.39 is 0 Å². The van der Waals surface area contributed by atoms with Crippen LogP contribution in [0.1, 0.15) is 39.2 Å². The molecule has 5 heteroatoms. The minimum absolute atomic E-state index is 0.347. The highest BCUT2D eigenvalue weighted by atomic mass is 79.9. The van der Waals surface area contributed by atoms with E-state index in [2.05, 4.69) is 69.4 Å². The summed E-state index contributed by atoms with van der Waals surface area (Å²) in [6.07, 6.45) is 4.58. The molecule has 1 aromatic rings. The average Bonchev–Trinajstić information content (AvgIpc) is 2.48. The van der Waals surface area contributed by atoms with Gasteiger partial charge in [-0.3, -0.25) is 0 Å². The minimum atomic E-state index is 0.347. The number of hydrogen-bond donors (Lipinski definition) is 1. The summed E-state index contributed by atoms with van der Waals surface area (Å²) < 4.78 is 7.96. The summed E-state index contributed by atoms with van der Waals surface area (Å²) in [7, 11) is 0. The summed E-state index contributed by atoms with van der Waals surface area (Å²) >= 11 is 9.14. The molecule has 0 fully saturated rings. The van der Waals surface area contributed by atoms with Crippen LogP contribution in [0.4, 0.5) is 0 Å². The van der Waals surface area contributed by atoms with E-state index in [4.69, 9.17) is 4.74 Å². The highest BCUT2D eigenvalue weighted by molar-refractivity contribution is 9.11. The number of benzene rings is 1. The molecule has 0 unspecified atom stereocenters. The van der Waals surface area contributed by atoms with Gasteiger partial charge < -0.3 is 10.1 Å². The van der Waals surface area contributed by atoms with Crippen molar-refractivity contribution in [2.45, 2.75) is 44.9 Å². The molecule has 0 aromatic heterocycles. The van der Waals surface area contributed by atoms with Crippen molar-refractivity contribution in [3.8, 4) is 5.75 Å².